The third-order valence-corrected chi connectivity index (χ3v) is 6.45. The number of nitrogens with zero attached hydrogens (tertiary/aromatic N) is 1. The highest BCUT2D eigenvalue weighted by atomic mass is 16.5. The zero-order chi connectivity index (χ0) is 23.7. The first-order valence-electron chi connectivity index (χ1n) is 10.8. The molecule has 7 heteroatoms. The second-order valence-corrected chi connectivity index (χ2v) is 8.33. The van der Waals surface area contributed by atoms with Crippen LogP contribution < -0.4 is 9.47 Å². The van der Waals surface area contributed by atoms with Gasteiger partial charge < -0.3 is 19.3 Å². The summed E-state index contributed by atoms with van der Waals surface area (Å²) in [5, 5.41) is 10.1. The second kappa shape index (κ2) is 9.10. The third kappa shape index (κ3) is 4.11. The van der Waals surface area contributed by atoms with Crippen molar-refractivity contribution < 1.29 is 28.9 Å². The highest BCUT2D eigenvalue weighted by Gasteiger charge is 2.44. The summed E-state index contributed by atoms with van der Waals surface area (Å²) in [6.45, 7) is 1.78. The molecule has 0 spiro atoms. The Balaban J connectivity index is 1.79. The van der Waals surface area contributed by atoms with E-state index >= 15 is 0 Å². The lowest BCUT2D eigenvalue weighted by atomic mass is 9.69. The van der Waals surface area contributed by atoms with Gasteiger partial charge in [0.15, 0.2) is 17.3 Å². The van der Waals surface area contributed by atoms with Crippen molar-refractivity contribution in [3.8, 4) is 17.2 Å². The Hall–Kier alpha value is -3.61. The third-order valence-electron chi connectivity index (χ3n) is 6.45. The number of aliphatic imine (C=N–C) groups is 1. The molecule has 0 fully saturated rings. The molecule has 0 saturated carbocycles. The van der Waals surface area contributed by atoms with Gasteiger partial charge in [-0.1, -0.05) is 18.2 Å². The number of rotatable bonds is 5. The molecule has 33 heavy (non-hydrogen) atoms. The standard InChI is InChI=1S/C26H27NO6/c1-14-23(26(30)33-4)24(16-6-5-7-18(28)10-16)25-19(27-14)11-17(12-20(25)29)15-8-9-21(31-2)22(13-15)32-3/h5-10,13,17,23-24,28H,11-12H2,1-4H3/t17-,23?,24+/m1/s1. The quantitative estimate of drug-likeness (QED) is 0.689. The lowest BCUT2D eigenvalue weighted by Crippen LogP contribution is -2.37. The number of ether oxygens (including phenoxy) is 3. The van der Waals surface area contributed by atoms with Crippen LogP contribution in [0.25, 0.3) is 0 Å². The SMILES string of the molecule is COC(=O)C1C(C)=NC2=C(C(=O)C[C@H](c3ccc(OC)c(OC)c3)C2)[C@H]1c1cccc(O)c1. The summed E-state index contributed by atoms with van der Waals surface area (Å²) in [6, 6.07) is 12.3. The van der Waals surface area contributed by atoms with Crippen molar-refractivity contribution in [1.82, 2.24) is 0 Å². The maximum absolute atomic E-state index is 13.5. The number of allylic oxidation sites excluding steroid dienone is 2. The second-order valence-electron chi connectivity index (χ2n) is 8.33. The first-order valence-corrected chi connectivity index (χ1v) is 10.8. The van der Waals surface area contributed by atoms with Crippen LogP contribution >= 0.6 is 0 Å². The largest absolute Gasteiger partial charge is 0.508 e. The highest BCUT2D eigenvalue weighted by molar-refractivity contribution is 6.09. The predicted molar refractivity (Wildman–Crippen MR) is 123 cm³/mol. The van der Waals surface area contributed by atoms with Crippen molar-refractivity contribution in [2.24, 2.45) is 10.9 Å². The zero-order valence-electron chi connectivity index (χ0n) is 19.1. The molecule has 7 nitrogen and oxygen atoms in total. The molecular weight excluding hydrogens is 422 g/mol. The van der Waals surface area contributed by atoms with Gasteiger partial charge in [0.1, 0.15) is 11.7 Å². The number of esters is 1. The van der Waals surface area contributed by atoms with E-state index in [2.05, 4.69) is 0 Å². The number of ketones is 1. The van der Waals surface area contributed by atoms with E-state index in [0.29, 0.717) is 40.5 Å². The number of hydrogen-bond acceptors (Lipinski definition) is 7. The van der Waals surface area contributed by atoms with Gasteiger partial charge in [-0.25, -0.2) is 0 Å². The number of methoxy groups -OCH3 is 3. The molecule has 1 aliphatic carbocycles. The van der Waals surface area contributed by atoms with Crippen molar-refractivity contribution in [1.29, 1.82) is 0 Å². The topological polar surface area (TPSA) is 94.4 Å². The molecule has 2 aromatic carbocycles. The average molecular weight is 450 g/mol. The number of phenolic OH excluding ortho intramolecular Hbond substituents is 1. The maximum Gasteiger partial charge on any atom is 0.315 e. The fraction of sp³-hybridized carbons (Fsp3) is 0.346. The Bertz CT molecular complexity index is 1170. The van der Waals surface area contributed by atoms with E-state index in [1.807, 2.05) is 24.3 Å². The molecule has 3 atom stereocenters. The molecule has 4 rings (SSSR count). The van der Waals surface area contributed by atoms with Crippen molar-refractivity contribution in [2.45, 2.75) is 31.6 Å². The minimum Gasteiger partial charge on any atom is -0.508 e. The molecule has 2 aliphatic rings. The molecular formula is C26H27NO6. The minimum absolute atomic E-state index is 0.0606. The van der Waals surface area contributed by atoms with Crippen molar-refractivity contribution in [3.05, 3.63) is 64.9 Å². The van der Waals surface area contributed by atoms with Crippen LogP contribution in [0.15, 0.2) is 58.7 Å². The zero-order valence-corrected chi connectivity index (χ0v) is 19.1. The van der Waals surface area contributed by atoms with Crippen LogP contribution in [0.5, 0.6) is 17.2 Å². The summed E-state index contributed by atoms with van der Waals surface area (Å²) < 4.78 is 15.8. The Kier molecular flexibility index (Phi) is 6.22. The molecule has 0 aromatic heterocycles. The maximum atomic E-state index is 13.5. The Morgan fingerprint density at radius 1 is 1.00 bits per heavy atom. The van der Waals surface area contributed by atoms with Crippen LogP contribution in [-0.2, 0) is 14.3 Å². The van der Waals surface area contributed by atoms with Gasteiger partial charge in [-0.2, -0.15) is 0 Å². The summed E-state index contributed by atoms with van der Waals surface area (Å²) in [5.74, 6) is -0.570. The summed E-state index contributed by atoms with van der Waals surface area (Å²) in [4.78, 5) is 31.0. The van der Waals surface area contributed by atoms with E-state index in [1.165, 1.54) is 7.11 Å². The molecule has 2 aromatic rings. The van der Waals surface area contributed by atoms with Gasteiger partial charge in [0.25, 0.3) is 0 Å². The van der Waals surface area contributed by atoms with E-state index in [9.17, 15) is 14.7 Å². The van der Waals surface area contributed by atoms with Crippen LogP contribution in [0, 0.1) is 5.92 Å². The fourth-order valence-corrected chi connectivity index (χ4v) is 4.91. The van der Waals surface area contributed by atoms with E-state index in [4.69, 9.17) is 19.2 Å². The molecule has 172 valence electrons. The summed E-state index contributed by atoms with van der Waals surface area (Å²) >= 11 is 0. The van der Waals surface area contributed by atoms with Crippen LogP contribution in [0.2, 0.25) is 0 Å². The van der Waals surface area contributed by atoms with Gasteiger partial charge in [0.2, 0.25) is 0 Å². The Morgan fingerprint density at radius 2 is 1.76 bits per heavy atom. The van der Waals surface area contributed by atoms with Gasteiger partial charge in [0.05, 0.1) is 21.3 Å². The van der Waals surface area contributed by atoms with Gasteiger partial charge in [0, 0.05) is 29.3 Å². The Morgan fingerprint density at radius 3 is 2.42 bits per heavy atom. The van der Waals surface area contributed by atoms with E-state index < -0.39 is 17.8 Å². The predicted octanol–water partition coefficient (Wildman–Crippen LogP) is 4.16. The molecule has 1 aliphatic heterocycles. The van der Waals surface area contributed by atoms with Crippen molar-refractivity contribution in [3.63, 3.8) is 0 Å². The van der Waals surface area contributed by atoms with Crippen LogP contribution in [0.3, 0.4) is 0 Å². The molecule has 0 radical (unpaired) electrons. The van der Waals surface area contributed by atoms with E-state index in [-0.39, 0.29) is 23.9 Å². The average Bonchev–Trinajstić information content (AvgIpc) is 2.82. The van der Waals surface area contributed by atoms with Crippen molar-refractivity contribution >= 4 is 17.5 Å². The smallest absolute Gasteiger partial charge is 0.315 e. The molecule has 1 unspecified atom stereocenters. The number of benzene rings is 2. The molecule has 1 heterocycles. The van der Waals surface area contributed by atoms with Gasteiger partial charge in [-0.15, -0.1) is 0 Å². The normalized spacial score (nSPS) is 22.4. The lowest BCUT2D eigenvalue weighted by Gasteiger charge is -2.36. The number of Topliss-reactive ketones (excluding diaryl/α,β-unsaturated/α-hetero) is 1. The summed E-state index contributed by atoms with van der Waals surface area (Å²) in [5.41, 5.74) is 3.44. The van der Waals surface area contributed by atoms with Gasteiger partial charge in [-0.3, -0.25) is 14.6 Å². The first-order chi connectivity index (χ1) is 15.9. The minimum atomic E-state index is -0.725. The van der Waals surface area contributed by atoms with Crippen LogP contribution in [0.1, 0.15) is 42.7 Å². The molecule has 0 amide bonds. The molecule has 0 bridgehead atoms. The fourth-order valence-electron chi connectivity index (χ4n) is 4.91. The van der Waals surface area contributed by atoms with E-state index in [1.54, 1.807) is 39.3 Å². The van der Waals surface area contributed by atoms with Crippen LogP contribution in [0.4, 0.5) is 0 Å². The lowest BCUT2D eigenvalue weighted by molar-refractivity contribution is -0.143. The number of carbonyl (C=O) groups is 2. The first kappa shape index (κ1) is 22.6. The monoisotopic (exact) mass is 449 g/mol. The summed E-state index contributed by atoms with van der Waals surface area (Å²) in [7, 11) is 4.49. The molecule has 1 N–H and O–H groups in total. The number of carbonyl (C=O) groups excluding carboxylic acids is 2. The Labute approximate surface area is 192 Å². The number of hydrogen-bond donors (Lipinski definition) is 1. The van der Waals surface area contributed by atoms with Crippen LogP contribution in [-0.4, -0.2) is 43.9 Å². The number of aromatic hydroxyl groups is 1. The van der Waals surface area contributed by atoms with E-state index in [0.717, 1.165) is 5.56 Å². The van der Waals surface area contributed by atoms with Crippen molar-refractivity contribution in [2.75, 3.05) is 21.3 Å². The van der Waals surface area contributed by atoms with Gasteiger partial charge >= 0.3 is 5.97 Å². The van der Waals surface area contributed by atoms with Gasteiger partial charge in [-0.05, 0) is 54.7 Å². The summed E-state index contributed by atoms with van der Waals surface area (Å²) in [6.07, 6.45) is 0.837. The molecule has 0 saturated heterocycles. The number of phenols is 1. The highest BCUT2D eigenvalue weighted by Crippen LogP contribution is 2.47.